The van der Waals surface area contributed by atoms with Crippen LogP contribution in [0.5, 0.6) is 0 Å². The van der Waals surface area contributed by atoms with E-state index in [1.807, 2.05) is 30.3 Å². The van der Waals surface area contributed by atoms with Gasteiger partial charge in [-0.1, -0.05) is 30.3 Å². The standard InChI is InChI=1S/C19H28N4O2/c1-25-14-17(10-15-6-3-2-4-7-15)22-19(24)11-16(21)13-23-9-5-8-18(23)12-20/h2-4,6-7,16-18H,5,8-11,13-14,21H2,1H3,(H,22,24). The lowest BCUT2D eigenvalue weighted by molar-refractivity contribution is -0.122. The second-order valence-corrected chi connectivity index (χ2v) is 6.66. The van der Waals surface area contributed by atoms with E-state index in [0.29, 0.717) is 13.2 Å². The van der Waals surface area contributed by atoms with Crippen molar-refractivity contribution in [2.24, 2.45) is 5.73 Å². The largest absolute Gasteiger partial charge is 0.383 e. The van der Waals surface area contributed by atoms with Crippen molar-refractivity contribution in [3.8, 4) is 6.07 Å². The first-order valence-corrected chi connectivity index (χ1v) is 8.84. The first-order valence-electron chi connectivity index (χ1n) is 8.84. The van der Waals surface area contributed by atoms with Crippen LogP contribution < -0.4 is 11.1 Å². The summed E-state index contributed by atoms with van der Waals surface area (Å²) in [6.07, 6.45) is 2.88. The molecule has 1 aliphatic rings. The lowest BCUT2D eigenvalue weighted by Gasteiger charge is -2.24. The fourth-order valence-electron chi connectivity index (χ4n) is 3.33. The molecule has 1 aromatic carbocycles. The van der Waals surface area contributed by atoms with Crippen molar-refractivity contribution < 1.29 is 9.53 Å². The number of nitriles is 1. The van der Waals surface area contributed by atoms with E-state index >= 15 is 0 Å². The molecule has 3 N–H and O–H groups in total. The summed E-state index contributed by atoms with van der Waals surface area (Å²) in [5.41, 5.74) is 7.29. The molecular weight excluding hydrogens is 316 g/mol. The number of rotatable bonds is 9. The third kappa shape index (κ3) is 6.46. The van der Waals surface area contributed by atoms with E-state index in [0.717, 1.165) is 31.4 Å². The van der Waals surface area contributed by atoms with E-state index in [1.54, 1.807) is 7.11 Å². The van der Waals surface area contributed by atoms with Crippen LogP contribution in [0, 0.1) is 11.3 Å². The van der Waals surface area contributed by atoms with Crippen LogP contribution in [0.2, 0.25) is 0 Å². The average molecular weight is 344 g/mol. The molecule has 0 spiro atoms. The van der Waals surface area contributed by atoms with Crippen molar-refractivity contribution in [1.29, 1.82) is 5.26 Å². The van der Waals surface area contributed by atoms with Crippen LogP contribution in [0.15, 0.2) is 30.3 Å². The van der Waals surface area contributed by atoms with Gasteiger partial charge in [0.25, 0.3) is 0 Å². The van der Waals surface area contributed by atoms with Gasteiger partial charge in [-0.15, -0.1) is 0 Å². The molecule has 25 heavy (non-hydrogen) atoms. The molecule has 0 bridgehead atoms. The number of hydrogen-bond donors (Lipinski definition) is 2. The zero-order valence-corrected chi connectivity index (χ0v) is 14.9. The van der Waals surface area contributed by atoms with Crippen molar-refractivity contribution in [3.05, 3.63) is 35.9 Å². The zero-order valence-electron chi connectivity index (χ0n) is 14.9. The highest BCUT2D eigenvalue weighted by Gasteiger charge is 2.26. The molecule has 1 fully saturated rings. The topological polar surface area (TPSA) is 91.4 Å². The van der Waals surface area contributed by atoms with E-state index < -0.39 is 0 Å². The number of methoxy groups -OCH3 is 1. The summed E-state index contributed by atoms with van der Waals surface area (Å²) >= 11 is 0. The molecule has 1 saturated heterocycles. The Morgan fingerprint density at radius 2 is 2.24 bits per heavy atom. The predicted octanol–water partition coefficient (Wildman–Crippen LogP) is 1.07. The number of hydrogen-bond acceptors (Lipinski definition) is 5. The normalized spacial score (nSPS) is 20.0. The molecule has 6 nitrogen and oxygen atoms in total. The van der Waals surface area contributed by atoms with Gasteiger partial charge in [0.05, 0.1) is 24.8 Å². The summed E-state index contributed by atoms with van der Waals surface area (Å²) < 4.78 is 5.23. The molecule has 0 aromatic heterocycles. The molecule has 3 atom stereocenters. The number of ether oxygens (including phenoxy) is 1. The van der Waals surface area contributed by atoms with Gasteiger partial charge in [0, 0.05) is 26.1 Å². The number of nitrogens with one attached hydrogen (secondary N) is 1. The summed E-state index contributed by atoms with van der Waals surface area (Å²) in [5.74, 6) is -0.0711. The third-order valence-electron chi connectivity index (χ3n) is 4.49. The molecule has 0 aliphatic carbocycles. The Hall–Kier alpha value is -1.94. The van der Waals surface area contributed by atoms with Gasteiger partial charge < -0.3 is 15.8 Å². The van der Waals surface area contributed by atoms with Gasteiger partial charge in [-0.2, -0.15) is 5.26 Å². The first kappa shape index (κ1) is 19.4. The van der Waals surface area contributed by atoms with Crippen LogP contribution in [0.25, 0.3) is 0 Å². The molecule has 6 heteroatoms. The Kier molecular flexibility index (Phi) is 7.86. The number of carbonyl (C=O) groups is 1. The fraction of sp³-hybridized carbons (Fsp3) is 0.579. The summed E-state index contributed by atoms with van der Waals surface area (Å²) in [4.78, 5) is 14.4. The van der Waals surface area contributed by atoms with Crippen molar-refractivity contribution in [3.63, 3.8) is 0 Å². The summed E-state index contributed by atoms with van der Waals surface area (Å²) in [5, 5.41) is 12.1. The van der Waals surface area contributed by atoms with Crippen molar-refractivity contribution in [2.75, 3.05) is 26.8 Å². The first-order chi connectivity index (χ1) is 12.1. The van der Waals surface area contributed by atoms with Gasteiger partial charge in [-0.25, -0.2) is 0 Å². The van der Waals surface area contributed by atoms with Crippen LogP contribution in [-0.2, 0) is 16.0 Å². The Morgan fingerprint density at radius 1 is 1.48 bits per heavy atom. The minimum atomic E-state index is -0.270. The minimum Gasteiger partial charge on any atom is -0.383 e. The Labute approximate surface area is 149 Å². The van der Waals surface area contributed by atoms with Crippen LogP contribution >= 0.6 is 0 Å². The fourth-order valence-corrected chi connectivity index (χ4v) is 3.33. The van der Waals surface area contributed by atoms with Gasteiger partial charge in [0.2, 0.25) is 5.91 Å². The molecule has 1 aliphatic heterocycles. The second kappa shape index (κ2) is 10.1. The van der Waals surface area contributed by atoms with Gasteiger partial charge >= 0.3 is 0 Å². The van der Waals surface area contributed by atoms with Crippen LogP contribution in [0.3, 0.4) is 0 Å². The molecule has 1 aromatic rings. The van der Waals surface area contributed by atoms with E-state index in [1.165, 1.54) is 0 Å². The van der Waals surface area contributed by atoms with Crippen molar-refractivity contribution in [1.82, 2.24) is 10.2 Å². The number of likely N-dealkylation sites (tertiary alicyclic amines) is 1. The number of nitrogens with zero attached hydrogens (tertiary/aromatic N) is 2. The Balaban J connectivity index is 1.80. The highest BCUT2D eigenvalue weighted by Crippen LogP contribution is 2.16. The Bertz CT molecular complexity index is 573. The summed E-state index contributed by atoms with van der Waals surface area (Å²) in [7, 11) is 1.63. The number of amides is 1. The third-order valence-corrected chi connectivity index (χ3v) is 4.49. The van der Waals surface area contributed by atoms with Crippen LogP contribution in [-0.4, -0.2) is 55.7 Å². The maximum atomic E-state index is 12.3. The van der Waals surface area contributed by atoms with E-state index in [9.17, 15) is 4.79 Å². The number of carbonyl (C=O) groups excluding carboxylic acids is 1. The average Bonchev–Trinajstić information content (AvgIpc) is 3.02. The molecule has 3 unspecified atom stereocenters. The second-order valence-electron chi connectivity index (χ2n) is 6.66. The van der Waals surface area contributed by atoms with Gasteiger partial charge in [0.1, 0.15) is 0 Å². The highest BCUT2D eigenvalue weighted by atomic mass is 16.5. The van der Waals surface area contributed by atoms with E-state index in [4.69, 9.17) is 15.7 Å². The highest BCUT2D eigenvalue weighted by molar-refractivity contribution is 5.77. The lowest BCUT2D eigenvalue weighted by atomic mass is 10.1. The summed E-state index contributed by atoms with van der Waals surface area (Å²) in [6, 6.07) is 11.9. The molecule has 0 radical (unpaired) electrons. The molecular formula is C19H28N4O2. The van der Waals surface area contributed by atoms with Crippen LogP contribution in [0.4, 0.5) is 0 Å². The van der Waals surface area contributed by atoms with Crippen LogP contribution in [0.1, 0.15) is 24.8 Å². The zero-order chi connectivity index (χ0) is 18.1. The molecule has 1 amide bonds. The summed E-state index contributed by atoms with van der Waals surface area (Å²) in [6.45, 7) is 1.92. The Morgan fingerprint density at radius 3 is 2.92 bits per heavy atom. The quantitative estimate of drug-likeness (QED) is 0.699. The molecule has 2 rings (SSSR count). The predicted molar refractivity (Wildman–Crippen MR) is 96.8 cm³/mol. The van der Waals surface area contributed by atoms with Crippen molar-refractivity contribution >= 4 is 5.91 Å². The van der Waals surface area contributed by atoms with Crippen molar-refractivity contribution in [2.45, 2.75) is 43.8 Å². The van der Waals surface area contributed by atoms with Gasteiger partial charge in [-0.05, 0) is 31.4 Å². The lowest BCUT2D eigenvalue weighted by Crippen LogP contribution is -2.45. The van der Waals surface area contributed by atoms with Gasteiger partial charge in [0.15, 0.2) is 0 Å². The number of nitrogens with two attached hydrogens (primary N) is 1. The molecule has 0 saturated carbocycles. The molecule has 1 heterocycles. The minimum absolute atomic E-state index is 0.0616. The SMILES string of the molecule is COCC(Cc1ccccc1)NC(=O)CC(N)CN1CCCC1C#N. The van der Waals surface area contributed by atoms with E-state index in [-0.39, 0.29) is 30.5 Å². The smallest absolute Gasteiger partial charge is 0.221 e. The molecule has 136 valence electrons. The van der Waals surface area contributed by atoms with Gasteiger partial charge in [-0.3, -0.25) is 9.69 Å². The van der Waals surface area contributed by atoms with E-state index in [2.05, 4.69) is 16.3 Å². The monoisotopic (exact) mass is 344 g/mol. The number of benzene rings is 1. The maximum absolute atomic E-state index is 12.3. The maximum Gasteiger partial charge on any atom is 0.221 e.